The second kappa shape index (κ2) is 8.27. The van der Waals surface area contributed by atoms with Crippen molar-refractivity contribution in [2.24, 2.45) is 0 Å². The fourth-order valence-electron chi connectivity index (χ4n) is 2.06. The van der Waals surface area contributed by atoms with E-state index in [1.165, 1.54) is 12.1 Å². The van der Waals surface area contributed by atoms with E-state index in [1.807, 2.05) is 48.5 Å². The van der Waals surface area contributed by atoms with Crippen LogP contribution < -0.4 is 5.32 Å². The molecule has 0 radical (unpaired) electrons. The van der Waals surface area contributed by atoms with E-state index < -0.39 is 16.1 Å². The number of hydrogen-bond donors (Lipinski definition) is 3. The van der Waals surface area contributed by atoms with Crippen LogP contribution in [0.1, 0.15) is 0 Å². The first-order chi connectivity index (χ1) is 11.9. The molecule has 0 saturated carbocycles. The normalized spacial score (nSPS) is 10.6. The first-order valence-electron chi connectivity index (χ1n) is 7.33. The Kier molecular flexibility index (Phi) is 6.10. The van der Waals surface area contributed by atoms with E-state index in [4.69, 9.17) is 9.66 Å². The Morgan fingerprint density at radius 3 is 2.08 bits per heavy atom. The largest absolute Gasteiger partial charge is 0.480 e. The predicted octanol–water partition coefficient (Wildman–Crippen LogP) is 3.27. The predicted molar refractivity (Wildman–Crippen MR) is 96.3 cm³/mol. The molecule has 3 rings (SSSR count). The second-order valence-electron chi connectivity index (χ2n) is 5.10. The SMILES string of the molecule is O=C(O)CNc1ccccc1.O=S(=O)(O)c1ccc2ccccc2c1. The van der Waals surface area contributed by atoms with Crippen LogP contribution >= 0.6 is 0 Å². The Bertz CT molecular complexity index is 955. The molecular formula is C18H17NO5S. The maximum absolute atomic E-state index is 10.8. The van der Waals surface area contributed by atoms with Crippen molar-refractivity contribution in [3.8, 4) is 0 Å². The fraction of sp³-hybridized carbons (Fsp3) is 0.0556. The van der Waals surface area contributed by atoms with Crippen molar-refractivity contribution in [1.29, 1.82) is 0 Å². The van der Waals surface area contributed by atoms with Crippen molar-refractivity contribution in [2.75, 3.05) is 11.9 Å². The molecule has 25 heavy (non-hydrogen) atoms. The zero-order valence-electron chi connectivity index (χ0n) is 13.2. The van der Waals surface area contributed by atoms with Gasteiger partial charge in [0.05, 0.1) is 4.90 Å². The van der Waals surface area contributed by atoms with E-state index in [9.17, 15) is 13.2 Å². The van der Waals surface area contributed by atoms with E-state index in [0.29, 0.717) is 0 Å². The molecule has 0 unspecified atom stereocenters. The molecule has 0 aliphatic rings. The number of benzene rings is 3. The molecule has 0 aromatic heterocycles. The van der Waals surface area contributed by atoms with Crippen LogP contribution in [0.2, 0.25) is 0 Å². The third-order valence-electron chi connectivity index (χ3n) is 3.24. The zero-order valence-corrected chi connectivity index (χ0v) is 14.0. The first kappa shape index (κ1) is 18.4. The molecular weight excluding hydrogens is 342 g/mol. The van der Waals surface area contributed by atoms with Gasteiger partial charge in [0.25, 0.3) is 10.1 Å². The van der Waals surface area contributed by atoms with Gasteiger partial charge < -0.3 is 10.4 Å². The van der Waals surface area contributed by atoms with E-state index in [0.717, 1.165) is 16.5 Å². The smallest absolute Gasteiger partial charge is 0.322 e. The van der Waals surface area contributed by atoms with E-state index in [-0.39, 0.29) is 11.4 Å². The third-order valence-corrected chi connectivity index (χ3v) is 4.09. The summed E-state index contributed by atoms with van der Waals surface area (Å²) in [6.45, 7) is -0.0377. The average Bonchev–Trinajstić information content (AvgIpc) is 2.60. The van der Waals surface area contributed by atoms with Gasteiger partial charge in [0, 0.05) is 5.69 Å². The van der Waals surface area contributed by atoms with E-state index >= 15 is 0 Å². The number of hydrogen-bond acceptors (Lipinski definition) is 4. The minimum atomic E-state index is -4.09. The van der Waals surface area contributed by atoms with Gasteiger partial charge in [-0.3, -0.25) is 9.35 Å². The zero-order chi connectivity index (χ0) is 18.3. The molecule has 0 atom stereocenters. The summed E-state index contributed by atoms with van der Waals surface area (Å²) in [4.78, 5) is 10.0. The van der Waals surface area contributed by atoms with Crippen molar-refractivity contribution in [3.05, 3.63) is 72.8 Å². The molecule has 0 spiro atoms. The minimum absolute atomic E-state index is 0.0377. The summed E-state index contributed by atoms with van der Waals surface area (Å²) >= 11 is 0. The summed E-state index contributed by atoms with van der Waals surface area (Å²) < 4.78 is 30.5. The van der Waals surface area contributed by atoms with E-state index in [2.05, 4.69) is 5.32 Å². The lowest BCUT2D eigenvalue weighted by Crippen LogP contribution is -2.11. The highest BCUT2D eigenvalue weighted by molar-refractivity contribution is 7.85. The van der Waals surface area contributed by atoms with Gasteiger partial charge in [-0.25, -0.2) is 0 Å². The molecule has 0 bridgehead atoms. The maximum atomic E-state index is 10.8. The Hall–Kier alpha value is -2.90. The van der Waals surface area contributed by atoms with Crippen LogP contribution in [0.15, 0.2) is 77.7 Å². The van der Waals surface area contributed by atoms with Gasteiger partial charge in [0.15, 0.2) is 0 Å². The number of carboxylic acid groups (broad SMARTS) is 1. The summed E-state index contributed by atoms with van der Waals surface area (Å²) in [6.07, 6.45) is 0. The molecule has 6 nitrogen and oxygen atoms in total. The van der Waals surface area contributed by atoms with Crippen molar-refractivity contribution in [3.63, 3.8) is 0 Å². The van der Waals surface area contributed by atoms with Crippen LogP contribution in [-0.4, -0.2) is 30.6 Å². The van der Waals surface area contributed by atoms with Gasteiger partial charge in [0.2, 0.25) is 0 Å². The number of para-hydroxylation sites is 1. The number of rotatable bonds is 4. The van der Waals surface area contributed by atoms with Crippen LogP contribution in [0.25, 0.3) is 10.8 Å². The van der Waals surface area contributed by atoms with Crippen LogP contribution in [0.4, 0.5) is 5.69 Å². The number of aliphatic carboxylic acids is 1. The minimum Gasteiger partial charge on any atom is -0.480 e. The summed E-state index contributed by atoms with van der Waals surface area (Å²) in [7, 11) is -4.09. The third kappa shape index (κ3) is 5.91. The van der Waals surface area contributed by atoms with Gasteiger partial charge in [-0.05, 0) is 35.0 Å². The summed E-state index contributed by atoms with van der Waals surface area (Å²) in [6, 6.07) is 21.1. The Balaban J connectivity index is 0.000000186. The highest BCUT2D eigenvalue weighted by atomic mass is 32.2. The standard InChI is InChI=1S/C10H8O3S.C8H9NO2/c11-14(12,13)10-6-5-8-3-1-2-4-9(8)7-10;10-8(11)6-9-7-4-2-1-3-5-7/h1-7H,(H,11,12,13);1-5,9H,6H2,(H,10,11). The van der Waals surface area contributed by atoms with Gasteiger partial charge in [-0.1, -0.05) is 48.5 Å². The molecule has 3 N–H and O–H groups in total. The van der Waals surface area contributed by atoms with Crippen LogP contribution in [0.5, 0.6) is 0 Å². The number of nitrogens with one attached hydrogen (secondary N) is 1. The van der Waals surface area contributed by atoms with Crippen molar-refractivity contribution in [2.45, 2.75) is 4.90 Å². The average molecular weight is 359 g/mol. The molecule has 0 saturated heterocycles. The molecule has 0 heterocycles. The topological polar surface area (TPSA) is 104 Å². The Labute approximate surface area is 145 Å². The monoisotopic (exact) mass is 359 g/mol. The molecule has 0 amide bonds. The lowest BCUT2D eigenvalue weighted by molar-refractivity contribution is -0.134. The van der Waals surface area contributed by atoms with Crippen LogP contribution in [0, 0.1) is 0 Å². The van der Waals surface area contributed by atoms with Crippen LogP contribution in [0.3, 0.4) is 0 Å². The first-order valence-corrected chi connectivity index (χ1v) is 8.77. The molecule has 0 aliphatic carbocycles. The van der Waals surface area contributed by atoms with Crippen molar-refractivity contribution < 1.29 is 22.9 Å². The summed E-state index contributed by atoms with van der Waals surface area (Å²) in [5.74, 6) is -0.853. The van der Waals surface area contributed by atoms with Gasteiger partial charge in [-0.2, -0.15) is 8.42 Å². The van der Waals surface area contributed by atoms with E-state index in [1.54, 1.807) is 12.1 Å². The summed E-state index contributed by atoms with van der Waals surface area (Å²) in [5, 5.41) is 12.8. The molecule has 3 aromatic carbocycles. The van der Waals surface area contributed by atoms with Gasteiger partial charge >= 0.3 is 5.97 Å². The maximum Gasteiger partial charge on any atom is 0.322 e. The molecule has 3 aromatic rings. The number of carbonyl (C=O) groups is 1. The van der Waals surface area contributed by atoms with Crippen LogP contribution in [-0.2, 0) is 14.9 Å². The molecule has 7 heteroatoms. The van der Waals surface area contributed by atoms with Crippen molar-refractivity contribution in [1.82, 2.24) is 0 Å². The number of fused-ring (bicyclic) bond motifs is 1. The fourth-order valence-corrected chi connectivity index (χ4v) is 2.58. The quantitative estimate of drug-likeness (QED) is 0.618. The lowest BCUT2D eigenvalue weighted by atomic mass is 10.1. The number of carboxylic acids is 1. The number of anilines is 1. The summed E-state index contributed by atoms with van der Waals surface area (Å²) in [5.41, 5.74) is 0.829. The molecule has 130 valence electrons. The van der Waals surface area contributed by atoms with Gasteiger partial charge in [0.1, 0.15) is 6.54 Å². The Morgan fingerprint density at radius 1 is 0.880 bits per heavy atom. The molecule has 0 aliphatic heterocycles. The van der Waals surface area contributed by atoms with Crippen molar-refractivity contribution >= 4 is 32.5 Å². The Morgan fingerprint density at radius 2 is 1.48 bits per heavy atom. The molecule has 0 fully saturated rings. The lowest BCUT2D eigenvalue weighted by Gasteiger charge is -2.00. The highest BCUT2D eigenvalue weighted by Crippen LogP contribution is 2.18. The second-order valence-corrected chi connectivity index (χ2v) is 6.52. The highest BCUT2D eigenvalue weighted by Gasteiger charge is 2.08. The van der Waals surface area contributed by atoms with Gasteiger partial charge in [-0.15, -0.1) is 0 Å².